The largest absolute Gasteiger partial charge is 0.492 e. The third-order valence-corrected chi connectivity index (χ3v) is 6.17. The summed E-state index contributed by atoms with van der Waals surface area (Å²) in [6.45, 7) is 4.10. The van der Waals surface area contributed by atoms with Crippen LogP contribution in [0.1, 0.15) is 18.1 Å². The molecule has 148 valence electrons. The van der Waals surface area contributed by atoms with Crippen LogP contribution in [0.25, 0.3) is 0 Å². The number of carbonyl (C=O) groups is 1. The third-order valence-electron chi connectivity index (χ3n) is 5.25. The SMILES string of the molecule is CC1Cc2cc(S(N)(=O)=O)ccc2N1C(=O)CN1CCOc2ccccc2C1. The van der Waals surface area contributed by atoms with Gasteiger partial charge in [-0.15, -0.1) is 0 Å². The first kappa shape index (κ1) is 18.9. The fourth-order valence-electron chi connectivity index (χ4n) is 3.95. The Balaban J connectivity index is 1.53. The Morgan fingerprint density at radius 1 is 1.21 bits per heavy atom. The van der Waals surface area contributed by atoms with E-state index in [2.05, 4.69) is 4.90 Å². The van der Waals surface area contributed by atoms with Gasteiger partial charge in [-0.25, -0.2) is 13.6 Å². The average Bonchev–Trinajstić information content (AvgIpc) is 2.83. The zero-order valence-electron chi connectivity index (χ0n) is 15.7. The molecule has 2 aliphatic heterocycles. The fraction of sp³-hybridized carbons (Fsp3) is 0.350. The van der Waals surface area contributed by atoms with Crippen molar-refractivity contribution < 1.29 is 17.9 Å². The second-order valence-electron chi connectivity index (χ2n) is 7.32. The van der Waals surface area contributed by atoms with E-state index in [1.165, 1.54) is 6.07 Å². The van der Waals surface area contributed by atoms with E-state index in [4.69, 9.17) is 9.88 Å². The number of primary sulfonamides is 1. The summed E-state index contributed by atoms with van der Waals surface area (Å²) in [6.07, 6.45) is 0.608. The van der Waals surface area contributed by atoms with E-state index in [0.717, 1.165) is 22.6 Å². The molecule has 2 aromatic carbocycles. The zero-order chi connectivity index (χ0) is 19.9. The summed E-state index contributed by atoms with van der Waals surface area (Å²) < 4.78 is 29.0. The standard InChI is InChI=1S/C20H23N3O4S/c1-14-10-16-11-17(28(21,25)26)6-7-18(16)23(14)20(24)13-22-8-9-27-19-5-3-2-4-15(19)12-22/h2-7,11,14H,8-10,12-13H2,1H3,(H2,21,25,26). The highest BCUT2D eigenvalue weighted by Crippen LogP contribution is 2.34. The van der Waals surface area contributed by atoms with Crippen molar-refractivity contribution in [2.45, 2.75) is 30.8 Å². The number of ether oxygens (including phenoxy) is 1. The number of hydrogen-bond donors (Lipinski definition) is 1. The van der Waals surface area contributed by atoms with Gasteiger partial charge in [-0.3, -0.25) is 9.69 Å². The number of sulfonamides is 1. The summed E-state index contributed by atoms with van der Waals surface area (Å²) in [5.41, 5.74) is 2.66. The molecule has 0 bridgehead atoms. The number of fused-ring (bicyclic) bond motifs is 2. The van der Waals surface area contributed by atoms with Gasteiger partial charge in [0.05, 0.1) is 11.4 Å². The molecule has 1 amide bonds. The lowest BCUT2D eigenvalue weighted by Crippen LogP contribution is -2.43. The molecular weight excluding hydrogens is 378 g/mol. The maximum Gasteiger partial charge on any atom is 0.241 e. The third kappa shape index (κ3) is 3.63. The zero-order valence-corrected chi connectivity index (χ0v) is 16.5. The molecule has 1 atom stereocenters. The molecule has 0 aliphatic carbocycles. The van der Waals surface area contributed by atoms with Crippen LogP contribution in [0.2, 0.25) is 0 Å². The van der Waals surface area contributed by atoms with Crippen molar-refractivity contribution in [2.75, 3.05) is 24.6 Å². The van der Waals surface area contributed by atoms with Crippen LogP contribution in [0, 0.1) is 0 Å². The van der Waals surface area contributed by atoms with Crippen LogP contribution in [0.3, 0.4) is 0 Å². The highest BCUT2D eigenvalue weighted by atomic mass is 32.2. The van der Waals surface area contributed by atoms with E-state index in [9.17, 15) is 13.2 Å². The Labute approximate surface area is 164 Å². The molecular formula is C20H23N3O4S. The van der Waals surface area contributed by atoms with Crippen molar-refractivity contribution in [1.82, 2.24) is 4.90 Å². The number of hydrogen-bond acceptors (Lipinski definition) is 5. The first-order valence-corrected chi connectivity index (χ1v) is 10.8. The molecule has 2 heterocycles. The minimum Gasteiger partial charge on any atom is -0.492 e. The monoisotopic (exact) mass is 401 g/mol. The Bertz CT molecular complexity index is 1020. The van der Waals surface area contributed by atoms with Gasteiger partial charge < -0.3 is 9.64 Å². The Morgan fingerprint density at radius 2 is 2.00 bits per heavy atom. The smallest absolute Gasteiger partial charge is 0.241 e. The van der Waals surface area contributed by atoms with E-state index in [0.29, 0.717) is 26.1 Å². The van der Waals surface area contributed by atoms with E-state index < -0.39 is 10.0 Å². The second-order valence-corrected chi connectivity index (χ2v) is 8.88. The molecule has 7 nitrogen and oxygen atoms in total. The molecule has 4 rings (SSSR count). The number of anilines is 1. The van der Waals surface area contributed by atoms with Crippen LogP contribution >= 0.6 is 0 Å². The lowest BCUT2D eigenvalue weighted by Gasteiger charge is -2.26. The summed E-state index contributed by atoms with van der Waals surface area (Å²) in [7, 11) is -3.76. The van der Waals surface area contributed by atoms with E-state index >= 15 is 0 Å². The molecule has 28 heavy (non-hydrogen) atoms. The van der Waals surface area contributed by atoms with Gasteiger partial charge in [0, 0.05) is 30.4 Å². The Morgan fingerprint density at radius 3 is 2.79 bits per heavy atom. The van der Waals surface area contributed by atoms with Gasteiger partial charge in [0.1, 0.15) is 12.4 Å². The van der Waals surface area contributed by atoms with Gasteiger partial charge >= 0.3 is 0 Å². The number of amides is 1. The fourth-order valence-corrected chi connectivity index (χ4v) is 4.51. The predicted octanol–water partition coefficient (Wildman–Crippen LogP) is 1.51. The first-order chi connectivity index (χ1) is 13.3. The highest BCUT2D eigenvalue weighted by Gasteiger charge is 2.32. The Kier molecular flexibility index (Phi) is 4.86. The molecule has 0 fully saturated rings. The lowest BCUT2D eigenvalue weighted by atomic mass is 10.1. The van der Waals surface area contributed by atoms with Crippen molar-refractivity contribution in [3.05, 3.63) is 53.6 Å². The first-order valence-electron chi connectivity index (χ1n) is 9.24. The maximum absolute atomic E-state index is 13.1. The van der Waals surface area contributed by atoms with Crippen molar-refractivity contribution in [1.29, 1.82) is 0 Å². The number of para-hydroxylation sites is 1. The van der Waals surface area contributed by atoms with Gasteiger partial charge in [-0.1, -0.05) is 18.2 Å². The van der Waals surface area contributed by atoms with Gasteiger partial charge in [-0.2, -0.15) is 0 Å². The summed E-state index contributed by atoms with van der Waals surface area (Å²) in [5, 5.41) is 5.23. The van der Waals surface area contributed by atoms with Crippen LogP contribution < -0.4 is 14.8 Å². The van der Waals surface area contributed by atoms with Crippen LogP contribution in [0.15, 0.2) is 47.4 Å². The average molecular weight is 401 g/mol. The molecule has 8 heteroatoms. The molecule has 1 unspecified atom stereocenters. The molecule has 0 saturated carbocycles. The lowest BCUT2D eigenvalue weighted by molar-refractivity contribution is -0.120. The predicted molar refractivity (Wildman–Crippen MR) is 106 cm³/mol. The minimum absolute atomic E-state index is 0.00557. The molecule has 0 aromatic heterocycles. The normalized spacial score (nSPS) is 19.5. The van der Waals surface area contributed by atoms with Crippen LogP contribution in [0.5, 0.6) is 5.75 Å². The van der Waals surface area contributed by atoms with Crippen molar-refractivity contribution in [3.63, 3.8) is 0 Å². The summed E-state index contributed by atoms with van der Waals surface area (Å²) in [5.74, 6) is 0.863. The molecule has 0 spiro atoms. The van der Waals surface area contributed by atoms with Crippen LogP contribution in [0.4, 0.5) is 5.69 Å². The molecule has 2 N–H and O–H groups in total. The number of nitrogens with two attached hydrogens (primary N) is 1. The van der Waals surface area contributed by atoms with E-state index in [1.54, 1.807) is 17.0 Å². The number of rotatable bonds is 3. The van der Waals surface area contributed by atoms with E-state index in [-0.39, 0.29) is 23.4 Å². The minimum atomic E-state index is -3.76. The molecule has 0 radical (unpaired) electrons. The molecule has 2 aliphatic rings. The maximum atomic E-state index is 13.1. The number of nitrogens with zero attached hydrogens (tertiary/aromatic N) is 2. The van der Waals surface area contributed by atoms with Gasteiger partial charge in [-0.05, 0) is 43.2 Å². The summed E-state index contributed by atoms with van der Waals surface area (Å²) >= 11 is 0. The van der Waals surface area contributed by atoms with Crippen LogP contribution in [-0.2, 0) is 27.8 Å². The Hall–Kier alpha value is -2.42. The van der Waals surface area contributed by atoms with E-state index in [1.807, 2.05) is 31.2 Å². The van der Waals surface area contributed by atoms with Crippen molar-refractivity contribution >= 4 is 21.6 Å². The second kappa shape index (κ2) is 7.20. The molecule has 2 aromatic rings. The summed E-state index contributed by atoms with van der Waals surface area (Å²) in [4.78, 5) is 17.0. The van der Waals surface area contributed by atoms with Gasteiger partial charge in [0.2, 0.25) is 15.9 Å². The van der Waals surface area contributed by atoms with Gasteiger partial charge in [0.25, 0.3) is 0 Å². The highest BCUT2D eigenvalue weighted by molar-refractivity contribution is 7.89. The van der Waals surface area contributed by atoms with Gasteiger partial charge in [0.15, 0.2) is 0 Å². The topological polar surface area (TPSA) is 92.9 Å². The summed E-state index contributed by atoms with van der Waals surface area (Å²) in [6, 6.07) is 12.6. The number of benzene rings is 2. The van der Waals surface area contributed by atoms with Crippen molar-refractivity contribution in [3.8, 4) is 5.75 Å². The van der Waals surface area contributed by atoms with Crippen LogP contribution in [-0.4, -0.2) is 45.0 Å². The molecule has 0 saturated heterocycles. The quantitative estimate of drug-likeness (QED) is 0.842. The van der Waals surface area contributed by atoms with Crippen molar-refractivity contribution in [2.24, 2.45) is 5.14 Å². The number of carbonyl (C=O) groups excluding carboxylic acids is 1.